The minimum absolute atomic E-state index is 0.480. The predicted molar refractivity (Wildman–Crippen MR) is 69.9 cm³/mol. The second-order valence-corrected chi connectivity index (χ2v) is 5.06. The summed E-state index contributed by atoms with van der Waals surface area (Å²) < 4.78 is 5.51. The number of nitrogens with zero attached hydrogens (tertiary/aromatic N) is 3. The maximum absolute atomic E-state index is 9.10. The zero-order valence-corrected chi connectivity index (χ0v) is 11.2. The quantitative estimate of drug-likeness (QED) is 0.831. The highest BCUT2D eigenvalue weighted by molar-refractivity contribution is 5.73. The van der Waals surface area contributed by atoms with Crippen molar-refractivity contribution in [2.75, 3.05) is 7.05 Å². The second-order valence-electron chi connectivity index (χ2n) is 5.06. The number of rotatable bonds is 3. The fourth-order valence-corrected chi connectivity index (χ4v) is 1.74. The van der Waals surface area contributed by atoms with E-state index in [0.29, 0.717) is 12.4 Å². The highest BCUT2D eigenvalue weighted by Gasteiger charge is 2.22. The van der Waals surface area contributed by atoms with E-state index < -0.39 is 5.54 Å². The number of benzene rings is 1. The third-order valence-electron chi connectivity index (χ3n) is 3.21. The van der Waals surface area contributed by atoms with E-state index in [9.17, 15) is 0 Å². The molecule has 94 valence electrons. The van der Waals surface area contributed by atoms with Gasteiger partial charge in [0, 0.05) is 13.5 Å². The summed E-state index contributed by atoms with van der Waals surface area (Å²) in [6.45, 7) is 6.36. The summed E-state index contributed by atoms with van der Waals surface area (Å²) in [5, 5.41) is 9.10. The molecule has 0 aliphatic carbocycles. The SMILES string of the molecule is Cc1nc2ccc(CN(C)C(C)(C)C#N)cc2o1. The van der Waals surface area contributed by atoms with Crippen molar-refractivity contribution in [3.8, 4) is 6.07 Å². The summed E-state index contributed by atoms with van der Waals surface area (Å²) in [6, 6.07) is 8.25. The molecule has 1 aromatic heterocycles. The fraction of sp³-hybridized carbons (Fsp3) is 0.429. The van der Waals surface area contributed by atoms with Crippen molar-refractivity contribution in [1.82, 2.24) is 9.88 Å². The smallest absolute Gasteiger partial charge is 0.192 e. The average molecular weight is 243 g/mol. The number of aromatic nitrogens is 1. The molecule has 2 aromatic rings. The van der Waals surface area contributed by atoms with E-state index in [4.69, 9.17) is 9.68 Å². The molecule has 18 heavy (non-hydrogen) atoms. The highest BCUT2D eigenvalue weighted by Crippen LogP contribution is 2.20. The Hall–Kier alpha value is -1.86. The molecule has 0 saturated heterocycles. The summed E-state index contributed by atoms with van der Waals surface area (Å²) in [6.07, 6.45) is 0. The molecule has 0 atom stereocenters. The van der Waals surface area contributed by atoms with Crippen molar-refractivity contribution in [2.45, 2.75) is 32.9 Å². The van der Waals surface area contributed by atoms with Gasteiger partial charge in [-0.25, -0.2) is 4.98 Å². The van der Waals surface area contributed by atoms with Gasteiger partial charge in [0.15, 0.2) is 11.5 Å². The molecule has 0 unspecified atom stereocenters. The van der Waals surface area contributed by atoms with Crippen LogP contribution in [0.4, 0.5) is 0 Å². The standard InChI is InChI=1S/C14H17N3O/c1-10-16-12-6-5-11(7-13(12)18-10)8-17(4)14(2,3)9-15/h5-7H,8H2,1-4H3. The molecule has 0 radical (unpaired) electrons. The lowest BCUT2D eigenvalue weighted by Gasteiger charge is -2.28. The molecule has 1 heterocycles. The number of oxazole rings is 1. The van der Waals surface area contributed by atoms with E-state index >= 15 is 0 Å². The highest BCUT2D eigenvalue weighted by atomic mass is 16.3. The molecule has 0 fully saturated rings. The molecule has 0 aliphatic rings. The largest absolute Gasteiger partial charge is 0.441 e. The Kier molecular flexibility index (Phi) is 3.10. The van der Waals surface area contributed by atoms with Crippen LogP contribution < -0.4 is 0 Å². The van der Waals surface area contributed by atoms with Crippen LogP contribution in [0.5, 0.6) is 0 Å². The Balaban J connectivity index is 2.25. The molecular weight excluding hydrogens is 226 g/mol. The molecule has 0 bridgehead atoms. The van der Waals surface area contributed by atoms with Gasteiger partial charge in [-0.3, -0.25) is 4.90 Å². The van der Waals surface area contributed by atoms with Crippen LogP contribution in [0.25, 0.3) is 11.1 Å². The minimum atomic E-state index is -0.480. The van der Waals surface area contributed by atoms with Gasteiger partial charge in [0.25, 0.3) is 0 Å². The molecule has 0 aliphatic heterocycles. The summed E-state index contributed by atoms with van der Waals surface area (Å²) in [7, 11) is 1.94. The number of hydrogen-bond acceptors (Lipinski definition) is 4. The van der Waals surface area contributed by atoms with Gasteiger partial charge in [-0.05, 0) is 38.6 Å². The van der Waals surface area contributed by atoms with E-state index in [1.807, 2.05) is 50.9 Å². The van der Waals surface area contributed by atoms with Crippen LogP contribution in [-0.2, 0) is 6.54 Å². The van der Waals surface area contributed by atoms with Crippen molar-refractivity contribution < 1.29 is 4.42 Å². The zero-order valence-electron chi connectivity index (χ0n) is 11.2. The lowest BCUT2D eigenvalue weighted by molar-refractivity contribution is 0.203. The molecule has 0 amide bonds. The van der Waals surface area contributed by atoms with Gasteiger partial charge >= 0.3 is 0 Å². The van der Waals surface area contributed by atoms with E-state index in [2.05, 4.69) is 11.1 Å². The Morgan fingerprint density at radius 2 is 2.17 bits per heavy atom. The molecule has 4 nitrogen and oxygen atoms in total. The fourth-order valence-electron chi connectivity index (χ4n) is 1.74. The Morgan fingerprint density at radius 1 is 1.44 bits per heavy atom. The first-order valence-corrected chi connectivity index (χ1v) is 5.91. The molecule has 1 aromatic carbocycles. The topological polar surface area (TPSA) is 53.1 Å². The lowest BCUT2D eigenvalue weighted by Crippen LogP contribution is -2.38. The van der Waals surface area contributed by atoms with Gasteiger partial charge < -0.3 is 4.42 Å². The van der Waals surface area contributed by atoms with Crippen LogP contribution in [0.2, 0.25) is 0 Å². The van der Waals surface area contributed by atoms with Crippen LogP contribution in [0, 0.1) is 18.3 Å². The summed E-state index contributed by atoms with van der Waals surface area (Å²) >= 11 is 0. The van der Waals surface area contributed by atoms with Crippen molar-refractivity contribution in [2.24, 2.45) is 0 Å². The van der Waals surface area contributed by atoms with Gasteiger partial charge in [0.05, 0.1) is 6.07 Å². The zero-order chi connectivity index (χ0) is 13.3. The summed E-state index contributed by atoms with van der Waals surface area (Å²) in [4.78, 5) is 6.28. The molecule has 4 heteroatoms. The van der Waals surface area contributed by atoms with Gasteiger partial charge in [-0.15, -0.1) is 0 Å². The Morgan fingerprint density at radius 3 is 2.83 bits per heavy atom. The Labute approximate surface area is 107 Å². The van der Waals surface area contributed by atoms with E-state index in [0.717, 1.165) is 16.7 Å². The summed E-state index contributed by atoms with van der Waals surface area (Å²) in [5.74, 6) is 0.674. The van der Waals surface area contributed by atoms with Gasteiger partial charge in [0.1, 0.15) is 11.1 Å². The van der Waals surface area contributed by atoms with Crippen LogP contribution in [-0.4, -0.2) is 22.5 Å². The Bertz CT molecular complexity index is 607. The van der Waals surface area contributed by atoms with Gasteiger partial charge in [-0.1, -0.05) is 6.07 Å². The maximum Gasteiger partial charge on any atom is 0.192 e. The van der Waals surface area contributed by atoms with Crippen LogP contribution >= 0.6 is 0 Å². The number of nitriles is 1. The molecule has 0 N–H and O–H groups in total. The van der Waals surface area contributed by atoms with Crippen LogP contribution in [0.3, 0.4) is 0 Å². The molecule has 2 rings (SSSR count). The lowest BCUT2D eigenvalue weighted by atomic mass is 10.0. The van der Waals surface area contributed by atoms with Gasteiger partial charge in [-0.2, -0.15) is 5.26 Å². The normalized spacial score (nSPS) is 12.0. The number of hydrogen-bond donors (Lipinski definition) is 0. The van der Waals surface area contributed by atoms with Crippen molar-refractivity contribution >= 4 is 11.1 Å². The first kappa shape index (κ1) is 12.6. The maximum atomic E-state index is 9.10. The number of fused-ring (bicyclic) bond motifs is 1. The van der Waals surface area contributed by atoms with Crippen LogP contribution in [0.1, 0.15) is 25.3 Å². The second kappa shape index (κ2) is 4.43. The molecule has 0 saturated carbocycles. The van der Waals surface area contributed by atoms with E-state index in [-0.39, 0.29) is 0 Å². The van der Waals surface area contributed by atoms with Crippen LogP contribution in [0.15, 0.2) is 22.6 Å². The number of aryl methyl sites for hydroxylation is 1. The predicted octanol–water partition coefficient (Wildman–Crippen LogP) is 2.87. The first-order valence-electron chi connectivity index (χ1n) is 5.91. The molecular formula is C14H17N3O. The van der Waals surface area contributed by atoms with E-state index in [1.165, 1.54) is 0 Å². The monoisotopic (exact) mass is 243 g/mol. The van der Waals surface area contributed by atoms with Crippen molar-refractivity contribution in [1.29, 1.82) is 5.26 Å². The van der Waals surface area contributed by atoms with E-state index in [1.54, 1.807) is 0 Å². The third-order valence-corrected chi connectivity index (χ3v) is 3.21. The van der Waals surface area contributed by atoms with Crippen molar-refractivity contribution in [3.63, 3.8) is 0 Å². The van der Waals surface area contributed by atoms with Gasteiger partial charge in [0.2, 0.25) is 0 Å². The minimum Gasteiger partial charge on any atom is -0.441 e. The third kappa shape index (κ3) is 2.36. The first-order chi connectivity index (χ1) is 8.42. The summed E-state index contributed by atoms with van der Waals surface area (Å²) in [5.41, 5.74) is 2.31. The average Bonchev–Trinajstić information content (AvgIpc) is 2.68. The van der Waals surface area contributed by atoms with Crippen molar-refractivity contribution in [3.05, 3.63) is 29.7 Å². The molecule has 0 spiro atoms.